The third-order valence-corrected chi connectivity index (χ3v) is 5.26. The Bertz CT molecular complexity index is 1010. The number of nitrogens with zero attached hydrogens (tertiary/aromatic N) is 1. The molecule has 3 aromatic rings. The molecule has 2 N–H and O–H groups in total. The first-order valence-electron chi connectivity index (χ1n) is 9.20. The van der Waals surface area contributed by atoms with Crippen molar-refractivity contribution in [2.45, 2.75) is 26.7 Å². The summed E-state index contributed by atoms with van der Waals surface area (Å²) in [5.41, 5.74) is 1.44. The molecule has 1 amide bonds. The van der Waals surface area contributed by atoms with Crippen LogP contribution in [0.4, 0.5) is 5.82 Å². The highest BCUT2D eigenvalue weighted by Crippen LogP contribution is 2.29. The number of thiophene rings is 1. The lowest BCUT2D eigenvalue weighted by molar-refractivity contribution is -0.116. The van der Waals surface area contributed by atoms with Gasteiger partial charge in [0.25, 0.3) is 0 Å². The van der Waals surface area contributed by atoms with E-state index in [4.69, 9.17) is 9.47 Å². The van der Waals surface area contributed by atoms with Crippen molar-refractivity contribution in [3.05, 3.63) is 46.8 Å². The van der Waals surface area contributed by atoms with Crippen LogP contribution in [0.5, 0.6) is 11.5 Å². The van der Waals surface area contributed by atoms with Gasteiger partial charge in [0.05, 0.1) is 24.3 Å². The Hall–Kier alpha value is -3.13. The Kier molecular flexibility index (Phi) is 6.66. The number of amides is 1. The number of aromatic amines is 1. The summed E-state index contributed by atoms with van der Waals surface area (Å²) in [4.78, 5) is 25.9. The quantitative estimate of drug-likeness (QED) is 0.399. The van der Waals surface area contributed by atoms with E-state index < -0.39 is 0 Å². The van der Waals surface area contributed by atoms with Crippen molar-refractivity contribution < 1.29 is 19.1 Å². The number of methoxy groups -OCH3 is 1. The van der Waals surface area contributed by atoms with Crippen LogP contribution in [0.2, 0.25) is 0 Å². The molecule has 0 fully saturated rings. The first-order chi connectivity index (χ1) is 14.0. The topological polar surface area (TPSA) is 93.3 Å². The van der Waals surface area contributed by atoms with Gasteiger partial charge >= 0.3 is 0 Å². The predicted molar refractivity (Wildman–Crippen MR) is 113 cm³/mol. The van der Waals surface area contributed by atoms with Crippen LogP contribution in [0.15, 0.2) is 36.4 Å². The minimum atomic E-state index is -0.132. The number of H-pyrrole nitrogens is 1. The first-order valence-corrected chi connectivity index (χ1v) is 10.0. The van der Waals surface area contributed by atoms with Gasteiger partial charge in [-0.2, -0.15) is 5.10 Å². The Morgan fingerprint density at radius 3 is 2.69 bits per heavy atom. The molecule has 1 aromatic carbocycles. The molecular weight excluding hydrogens is 390 g/mol. The third kappa shape index (κ3) is 5.45. The lowest BCUT2D eigenvalue weighted by Gasteiger charge is -2.11. The smallest absolute Gasteiger partial charge is 0.225 e. The van der Waals surface area contributed by atoms with E-state index in [1.54, 1.807) is 29.5 Å². The summed E-state index contributed by atoms with van der Waals surface area (Å²) >= 11 is 1.66. The van der Waals surface area contributed by atoms with Crippen LogP contribution in [-0.2, 0) is 4.79 Å². The highest BCUT2D eigenvalue weighted by Gasteiger charge is 2.11. The van der Waals surface area contributed by atoms with Gasteiger partial charge in [-0.05, 0) is 50.6 Å². The molecule has 0 aliphatic carbocycles. The number of ketones is 1. The van der Waals surface area contributed by atoms with Crippen molar-refractivity contribution >= 4 is 28.8 Å². The van der Waals surface area contributed by atoms with E-state index in [0.717, 1.165) is 10.6 Å². The SMILES string of the molecule is COc1cc(C(C)=O)ccc1OCCCC(=O)Nc1cc(-c2ccc(C)s2)[nH]n1. The molecule has 2 heterocycles. The summed E-state index contributed by atoms with van der Waals surface area (Å²) in [6.45, 7) is 3.89. The van der Waals surface area contributed by atoms with Crippen LogP contribution in [-0.4, -0.2) is 35.6 Å². The maximum Gasteiger partial charge on any atom is 0.225 e. The number of carbonyl (C=O) groups is 2. The van der Waals surface area contributed by atoms with Crippen LogP contribution >= 0.6 is 11.3 Å². The Morgan fingerprint density at radius 1 is 1.17 bits per heavy atom. The van der Waals surface area contributed by atoms with Crippen LogP contribution in [0.3, 0.4) is 0 Å². The largest absolute Gasteiger partial charge is 0.493 e. The summed E-state index contributed by atoms with van der Waals surface area (Å²) in [5, 5.41) is 9.86. The Morgan fingerprint density at radius 2 is 2.00 bits per heavy atom. The molecule has 3 rings (SSSR count). The average molecular weight is 413 g/mol. The molecule has 0 atom stereocenters. The number of carbonyl (C=O) groups excluding carboxylic acids is 2. The van der Waals surface area contributed by atoms with Crippen molar-refractivity contribution in [1.29, 1.82) is 0 Å². The van der Waals surface area contributed by atoms with Gasteiger partial charge in [0.1, 0.15) is 0 Å². The zero-order chi connectivity index (χ0) is 20.8. The van der Waals surface area contributed by atoms with Crippen molar-refractivity contribution in [3.8, 4) is 22.1 Å². The molecule has 29 heavy (non-hydrogen) atoms. The monoisotopic (exact) mass is 413 g/mol. The molecule has 7 nitrogen and oxygen atoms in total. The van der Waals surface area contributed by atoms with Gasteiger partial charge in [0, 0.05) is 22.9 Å². The second-order valence-corrected chi connectivity index (χ2v) is 7.79. The van der Waals surface area contributed by atoms with E-state index in [1.165, 1.54) is 18.9 Å². The molecule has 0 unspecified atom stereocenters. The molecule has 0 radical (unpaired) electrons. The Labute approximate surface area is 173 Å². The summed E-state index contributed by atoms with van der Waals surface area (Å²) in [6.07, 6.45) is 0.832. The van der Waals surface area contributed by atoms with Gasteiger partial charge in [0.15, 0.2) is 23.1 Å². The number of aromatic nitrogens is 2. The lowest BCUT2D eigenvalue weighted by Crippen LogP contribution is -2.13. The molecule has 0 aliphatic heterocycles. The molecule has 0 saturated carbocycles. The van der Waals surface area contributed by atoms with Gasteiger partial charge in [-0.15, -0.1) is 11.3 Å². The number of hydrogen-bond donors (Lipinski definition) is 2. The van der Waals surface area contributed by atoms with Gasteiger partial charge in [-0.1, -0.05) is 0 Å². The zero-order valence-corrected chi connectivity index (χ0v) is 17.4. The fourth-order valence-electron chi connectivity index (χ4n) is 2.72. The van der Waals surface area contributed by atoms with Gasteiger partial charge < -0.3 is 14.8 Å². The third-order valence-electron chi connectivity index (χ3n) is 4.23. The van der Waals surface area contributed by atoms with Crippen molar-refractivity contribution in [2.24, 2.45) is 0 Å². The van der Waals surface area contributed by atoms with Crippen LogP contribution < -0.4 is 14.8 Å². The Balaban J connectivity index is 1.46. The molecule has 0 spiro atoms. The van der Waals surface area contributed by atoms with Gasteiger partial charge in [-0.3, -0.25) is 14.7 Å². The van der Waals surface area contributed by atoms with E-state index >= 15 is 0 Å². The van der Waals surface area contributed by atoms with Crippen LogP contribution in [0, 0.1) is 6.92 Å². The minimum Gasteiger partial charge on any atom is -0.493 e. The fraction of sp³-hybridized carbons (Fsp3) is 0.286. The van der Waals surface area contributed by atoms with E-state index in [-0.39, 0.29) is 11.7 Å². The molecule has 8 heteroatoms. The number of benzene rings is 1. The molecule has 2 aromatic heterocycles. The lowest BCUT2D eigenvalue weighted by atomic mass is 10.1. The van der Waals surface area contributed by atoms with Crippen LogP contribution in [0.1, 0.15) is 35.0 Å². The van der Waals surface area contributed by atoms with E-state index in [0.29, 0.717) is 42.3 Å². The highest BCUT2D eigenvalue weighted by molar-refractivity contribution is 7.15. The summed E-state index contributed by atoms with van der Waals surface area (Å²) in [5.74, 6) is 1.37. The number of aryl methyl sites for hydroxylation is 1. The highest BCUT2D eigenvalue weighted by atomic mass is 32.1. The summed E-state index contributed by atoms with van der Waals surface area (Å²) in [7, 11) is 1.52. The summed E-state index contributed by atoms with van der Waals surface area (Å²) < 4.78 is 11.0. The maximum absolute atomic E-state index is 12.1. The normalized spacial score (nSPS) is 10.6. The maximum atomic E-state index is 12.1. The number of Topliss-reactive ketones (excluding diaryl/α,β-unsaturated/α-hetero) is 1. The second-order valence-electron chi connectivity index (χ2n) is 6.50. The van der Waals surface area contributed by atoms with Gasteiger partial charge in [-0.25, -0.2) is 0 Å². The number of nitrogens with one attached hydrogen (secondary N) is 2. The van der Waals surface area contributed by atoms with Crippen molar-refractivity contribution in [1.82, 2.24) is 10.2 Å². The number of ether oxygens (including phenoxy) is 2. The number of rotatable bonds is 9. The number of anilines is 1. The summed E-state index contributed by atoms with van der Waals surface area (Å²) in [6, 6.07) is 10.9. The second kappa shape index (κ2) is 9.38. The molecule has 0 aliphatic rings. The average Bonchev–Trinajstić information content (AvgIpc) is 3.34. The van der Waals surface area contributed by atoms with Crippen molar-refractivity contribution in [2.75, 3.05) is 19.0 Å². The molecular formula is C21H23N3O4S. The van der Waals surface area contributed by atoms with Gasteiger partial charge in [0.2, 0.25) is 5.91 Å². The van der Waals surface area contributed by atoms with Crippen molar-refractivity contribution in [3.63, 3.8) is 0 Å². The molecule has 152 valence electrons. The molecule has 0 bridgehead atoms. The molecule has 0 saturated heterocycles. The number of hydrogen-bond acceptors (Lipinski definition) is 6. The van der Waals surface area contributed by atoms with E-state index in [1.807, 2.05) is 25.1 Å². The standard InChI is InChI=1S/C21H23N3O4S/c1-13-6-9-19(29-13)16-12-20(24-23-16)22-21(26)5-4-10-28-17-8-7-15(14(2)25)11-18(17)27-3/h6-9,11-12H,4-5,10H2,1-3H3,(H2,22,23,24,26). The van der Waals surface area contributed by atoms with E-state index in [9.17, 15) is 9.59 Å². The minimum absolute atomic E-state index is 0.0396. The fourth-order valence-corrected chi connectivity index (χ4v) is 3.55. The predicted octanol–water partition coefficient (Wildman–Crippen LogP) is 4.46. The van der Waals surface area contributed by atoms with Crippen LogP contribution in [0.25, 0.3) is 10.6 Å². The first kappa shape index (κ1) is 20.6. The zero-order valence-electron chi connectivity index (χ0n) is 16.6. The van der Waals surface area contributed by atoms with E-state index in [2.05, 4.69) is 15.5 Å².